The molecule has 1 spiro atoms. The molecule has 1 amide bonds. The van der Waals surface area contributed by atoms with Crippen LogP contribution in [0.1, 0.15) is 34.3 Å². The lowest BCUT2D eigenvalue weighted by atomic mass is 9.87. The first-order valence-corrected chi connectivity index (χ1v) is 14.6. The van der Waals surface area contributed by atoms with Crippen LogP contribution in [0.25, 0.3) is 0 Å². The number of fused-ring (bicyclic) bond motifs is 1. The van der Waals surface area contributed by atoms with Gasteiger partial charge in [-0.05, 0) is 53.6 Å². The maximum Gasteiger partial charge on any atom is 0.255 e. The van der Waals surface area contributed by atoms with E-state index >= 15 is 0 Å². The van der Waals surface area contributed by atoms with Crippen molar-refractivity contribution in [1.82, 2.24) is 10.2 Å². The highest BCUT2D eigenvalue weighted by atomic mass is 35.5. The Hall–Kier alpha value is -3.50. The maximum absolute atomic E-state index is 12.8. The molecule has 3 aromatic carbocycles. The number of nitrogens with two attached hydrogens (primary N) is 1. The number of hydrogen-bond acceptors (Lipinski definition) is 8. The standard InChI is InChI=1S/C32H38ClN3O6/c1-39-26-5-2-22(3-6-26)20-40-27-7-8-28(31(38)35-13-12-34)30(17-27)41-21-25(37)19-36-14-10-32(11-15-36)18-23-16-24(33)4-9-29(23)42-32/h2-9,16-17,25,37H,10-15,18-21,34H2,1H3,(H,35,38)/t25-/m0/s1. The van der Waals surface area contributed by atoms with E-state index in [2.05, 4.69) is 10.2 Å². The number of methoxy groups -OCH3 is 1. The lowest BCUT2D eigenvalue weighted by Gasteiger charge is -2.39. The first-order chi connectivity index (χ1) is 20.4. The zero-order valence-electron chi connectivity index (χ0n) is 23.8. The van der Waals surface area contributed by atoms with Crippen molar-refractivity contribution < 1.29 is 28.8 Å². The molecular formula is C32H38ClN3O6. The Morgan fingerprint density at radius 1 is 1.10 bits per heavy atom. The van der Waals surface area contributed by atoms with Gasteiger partial charge in [0, 0.05) is 63.1 Å². The minimum Gasteiger partial charge on any atom is -0.497 e. The third kappa shape index (κ3) is 7.46. The van der Waals surface area contributed by atoms with Crippen molar-refractivity contribution in [2.45, 2.75) is 37.6 Å². The SMILES string of the molecule is COc1ccc(COc2ccc(C(=O)NCCN)c(OC[C@@H](O)CN3CCC4(CC3)Cc3cc(Cl)ccc3O4)c2)cc1. The summed E-state index contributed by atoms with van der Waals surface area (Å²) in [7, 11) is 1.62. The summed E-state index contributed by atoms with van der Waals surface area (Å²) in [4.78, 5) is 15.0. The van der Waals surface area contributed by atoms with E-state index in [0.29, 0.717) is 43.3 Å². The minimum absolute atomic E-state index is 0.0290. The predicted octanol–water partition coefficient (Wildman–Crippen LogP) is 3.83. The van der Waals surface area contributed by atoms with Gasteiger partial charge in [-0.15, -0.1) is 0 Å². The number of carbonyl (C=O) groups is 1. The summed E-state index contributed by atoms with van der Waals surface area (Å²) in [5.74, 6) is 2.28. The first kappa shape index (κ1) is 30.0. The Kier molecular flexibility index (Phi) is 9.74. The molecule has 0 unspecified atom stereocenters. The molecule has 10 heteroatoms. The lowest BCUT2D eigenvalue weighted by Crippen LogP contribution is -2.49. The molecule has 2 aliphatic heterocycles. The number of aliphatic hydroxyl groups excluding tert-OH is 1. The minimum atomic E-state index is -0.747. The number of nitrogens with zero attached hydrogens (tertiary/aromatic N) is 1. The van der Waals surface area contributed by atoms with E-state index in [-0.39, 0.29) is 18.1 Å². The fraction of sp³-hybridized carbons (Fsp3) is 0.406. The predicted molar refractivity (Wildman–Crippen MR) is 161 cm³/mol. The van der Waals surface area contributed by atoms with E-state index in [1.165, 1.54) is 0 Å². The van der Waals surface area contributed by atoms with Gasteiger partial charge in [0.2, 0.25) is 0 Å². The van der Waals surface area contributed by atoms with Crippen LogP contribution in [-0.4, -0.2) is 74.1 Å². The van der Waals surface area contributed by atoms with Crippen molar-refractivity contribution in [3.8, 4) is 23.0 Å². The van der Waals surface area contributed by atoms with Gasteiger partial charge in [-0.3, -0.25) is 4.79 Å². The number of halogens is 1. The van der Waals surface area contributed by atoms with E-state index in [4.69, 9.17) is 36.3 Å². The number of benzene rings is 3. The largest absolute Gasteiger partial charge is 0.497 e. The van der Waals surface area contributed by atoms with Gasteiger partial charge in [0.25, 0.3) is 5.91 Å². The zero-order chi connectivity index (χ0) is 29.5. The Bertz CT molecular complexity index is 1360. The zero-order valence-corrected chi connectivity index (χ0v) is 24.6. The van der Waals surface area contributed by atoms with Crippen molar-refractivity contribution in [1.29, 1.82) is 0 Å². The van der Waals surface area contributed by atoms with E-state index in [0.717, 1.165) is 60.0 Å². The van der Waals surface area contributed by atoms with Gasteiger partial charge in [0.15, 0.2) is 0 Å². The van der Waals surface area contributed by atoms with E-state index < -0.39 is 6.10 Å². The highest BCUT2D eigenvalue weighted by molar-refractivity contribution is 6.30. The van der Waals surface area contributed by atoms with Crippen LogP contribution in [0.4, 0.5) is 0 Å². The summed E-state index contributed by atoms with van der Waals surface area (Å²) in [6, 6.07) is 18.5. The Balaban J connectivity index is 1.16. The Labute approximate surface area is 251 Å². The van der Waals surface area contributed by atoms with Gasteiger partial charge in [-0.2, -0.15) is 0 Å². The van der Waals surface area contributed by atoms with Gasteiger partial charge < -0.3 is 40.0 Å². The van der Waals surface area contributed by atoms with Crippen molar-refractivity contribution in [2.75, 3.05) is 46.4 Å². The summed E-state index contributed by atoms with van der Waals surface area (Å²) in [5, 5.41) is 14.4. The molecule has 4 N–H and O–H groups in total. The van der Waals surface area contributed by atoms with Crippen LogP contribution in [0.2, 0.25) is 5.02 Å². The topological polar surface area (TPSA) is 116 Å². The van der Waals surface area contributed by atoms with Crippen molar-refractivity contribution in [3.05, 3.63) is 82.4 Å². The summed E-state index contributed by atoms with van der Waals surface area (Å²) in [6.07, 6.45) is 1.84. The van der Waals surface area contributed by atoms with Crippen molar-refractivity contribution in [2.24, 2.45) is 5.73 Å². The van der Waals surface area contributed by atoms with Gasteiger partial charge in [0.1, 0.15) is 47.9 Å². The van der Waals surface area contributed by atoms with Crippen LogP contribution >= 0.6 is 11.6 Å². The molecule has 224 valence electrons. The average molecular weight is 596 g/mol. The number of piperidine rings is 1. The average Bonchev–Trinajstić information content (AvgIpc) is 3.36. The molecule has 2 heterocycles. The lowest BCUT2D eigenvalue weighted by molar-refractivity contribution is -0.00201. The number of β-amino-alcohol motifs (C(OH)–C–C–N with tert-alkyl or cyclic N) is 1. The summed E-state index contributed by atoms with van der Waals surface area (Å²) in [5.41, 5.74) is 7.83. The third-order valence-electron chi connectivity index (χ3n) is 7.72. The molecule has 0 saturated carbocycles. The number of rotatable bonds is 12. The molecule has 1 saturated heterocycles. The second-order valence-corrected chi connectivity index (χ2v) is 11.3. The van der Waals surface area contributed by atoms with Gasteiger partial charge in [-0.1, -0.05) is 23.7 Å². The van der Waals surface area contributed by atoms with Gasteiger partial charge in [0.05, 0.1) is 12.7 Å². The molecule has 0 bridgehead atoms. The normalized spacial score (nSPS) is 16.4. The summed E-state index contributed by atoms with van der Waals surface area (Å²) in [6.45, 7) is 3.10. The van der Waals surface area contributed by atoms with Crippen LogP contribution in [0, 0.1) is 0 Å². The molecule has 3 aromatic rings. The maximum atomic E-state index is 12.8. The van der Waals surface area contributed by atoms with Crippen LogP contribution in [0.5, 0.6) is 23.0 Å². The number of aliphatic hydroxyl groups is 1. The van der Waals surface area contributed by atoms with E-state index in [1.807, 2.05) is 42.5 Å². The number of carbonyl (C=O) groups excluding carboxylic acids is 1. The molecule has 9 nitrogen and oxygen atoms in total. The highest BCUT2D eigenvalue weighted by Crippen LogP contribution is 2.42. The number of likely N-dealkylation sites (tertiary alicyclic amines) is 1. The Morgan fingerprint density at radius 2 is 1.86 bits per heavy atom. The van der Waals surface area contributed by atoms with Crippen LogP contribution in [0.15, 0.2) is 60.7 Å². The van der Waals surface area contributed by atoms with Crippen molar-refractivity contribution >= 4 is 17.5 Å². The molecule has 0 radical (unpaired) electrons. The monoisotopic (exact) mass is 595 g/mol. The van der Waals surface area contributed by atoms with E-state index in [1.54, 1.807) is 25.3 Å². The molecule has 1 atom stereocenters. The van der Waals surface area contributed by atoms with Crippen LogP contribution in [-0.2, 0) is 13.0 Å². The van der Waals surface area contributed by atoms with Crippen LogP contribution in [0.3, 0.4) is 0 Å². The quantitative estimate of drug-likeness (QED) is 0.289. The van der Waals surface area contributed by atoms with E-state index in [9.17, 15) is 9.90 Å². The number of ether oxygens (including phenoxy) is 4. The number of hydrogen-bond donors (Lipinski definition) is 3. The molecule has 42 heavy (non-hydrogen) atoms. The summed E-state index contributed by atoms with van der Waals surface area (Å²) >= 11 is 6.17. The van der Waals surface area contributed by atoms with Gasteiger partial charge >= 0.3 is 0 Å². The molecular weight excluding hydrogens is 558 g/mol. The second-order valence-electron chi connectivity index (χ2n) is 10.8. The Morgan fingerprint density at radius 3 is 2.60 bits per heavy atom. The molecule has 2 aliphatic rings. The fourth-order valence-electron chi connectivity index (χ4n) is 5.43. The fourth-order valence-corrected chi connectivity index (χ4v) is 5.62. The highest BCUT2D eigenvalue weighted by Gasteiger charge is 2.42. The van der Waals surface area contributed by atoms with Gasteiger partial charge in [-0.25, -0.2) is 0 Å². The number of nitrogens with one attached hydrogen (secondary N) is 1. The smallest absolute Gasteiger partial charge is 0.255 e. The van der Waals surface area contributed by atoms with Crippen LogP contribution < -0.4 is 30.0 Å². The first-order valence-electron chi connectivity index (χ1n) is 14.2. The molecule has 5 rings (SSSR count). The summed E-state index contributed by atoms with van der Waals surface area (Å²) < 4.78 is 23.5. The molecule has 1 fully saturated rings. The third-order valence-corrected chi connectivity index (χ3v) is 7.96. The number of amides is 1. The molecule has 0 aromatic heterocycles. The van der Waals surface area contributed by atoms with Crippen molar-refractivity contribution in [3.63, 3.8) is 0 Å². The second kappa shape index (κ2) is 13.6. The molecule has 0 aliphatic carbocycles.